The van der Waals surface area contributed by atoms with Gasteiger partial charge in [-0.2, -0.15) is 0 Å². The Morgan fingerprint density at radius 2 is 2.29 bits per heavy atom. The second-order valence-corrected chi connectivity index (χ2v) is 5.65. The van der Waals surface area contributed by atoms with E-state index in [1.807, 2.05) is 13.1 Å². The Kier molecular flexibility index (Phi) is 5.62. The van der Waals surface area contributed by atoms with Crippen molar-refractivity contribution in [2.45, 2.75) is 51.7 Å². The normalized spacial score (nSPS) is 18.1. The number of benzene rings is 1. The second-order valence-electron chi connectivity index (χ2n) is 5.65. The quantitative estimate of drug-likeness (QED) is 0.759. The summed E-state index contributed by atoms with van der Waals surface area (Å²) in [5, 5.41) is 6.22. The molecule has 0 bridgehead atoms. The van der Waals surface area contributed by atoms with Crippen molar-refractivity contribution in [1.82, 2.24) is 10.6 Å². The summed E-state index contributed by atoms with van der Waals surface area (Å²) < 4.78 is 5.77. The summed E-state index contributed by atoms with van der Waals surface area (Å²) in [6.07, 6.45) is 3.81. The smallest absolute Gasteiger partial charge is 0.260 e. The lowest BCUT2D eigenvalue weighted by Gasteiger charge is -2.16. The lowest BCUT2D eigenvalue weighted by Crippen LogP contribution is -2.36. The van der Waals surface area contributed by atoms with E-state index in [0.717, 1.165) is 38.0 Å². The number of rotatable bonds is 7. The topological polar surface area (TPSA) is 50.4 Å². The molecule has 0 fully saturated rings. The maximum Gasteiger partial charge on any atom is 0.260 e. The molecule has 1 aromatic carbocycles. The number of unbranched alkanes of at least 4 members (excludes halogenated alkanes) is 1. The molecule has 1 aliphatic carbocycles. The summed E-state index contributed by atoms with van der Waals surface area (Å²) >= 11 is 0. The highest BCUT2D eigenvalue weighted by Gasteiger charge is 2.22. The van der Waals surface area contributed by atoms with Gasteiger partial charge in [-0.25, -0.2) is 0 Å². The second kappa shape index (κ2) is 7.46. The molecule has 116 valence electrons. The van der Waals surface area contributed by atoms with E-state index in [1.54, 1.807) is 6.92 Å². The van der Waals surface area contributed by atoms with Crippen LogP contribution in [-0.2, 0) is 11.2 Å². The first-order chi connectivity index (χ1) is 10.2. The van der Waals surface area contributed by atoms with Crippen molar-refractivity contribution in [3.8, 4) is 5.75 Å². The van der Waals surface area contributed by atoms with Crippen LogP contribution in [0.5, 0.6) is 5.75 Å². The zero-order valence-electron chi connectivity index (χ0n) is 13.2. The van der Waals surface area contributed by atoms with Crippen molar-refractivity contribution in [3.05, 3.63) is 29.3 Å². The average molecular weight is 290 g/mol. The van der Waals surface area contributed by atoms with Crippen molar-refractivity contribution < 1.29 is 9.53 Å². The molecule has 2 unspecified atom stereocenters. The predicted molar refractivity (Wildman–Crippen MR) is 84.6 cm³/mol. The van der Waals surface area contributed by atoms with E-state index in [-0.39, 0.29) is 5.91 Å². The van der Waals surface area contributed by atoms with Gasteiger partial charge in [0.05, 0.1) is 0 Å². The number of carbonyl (C=O) groups excluding carboxylic acids is 1. The minimum absolute atomic E-state index is 0.0444. The van der Waals surface area contributed by atoms with Gasteiger partial charge in [0.2, 0.25) is 0 Å². The number of fused-ring (bicyclic) bond motifs is 1. The fourth-order valence-electron chi connectivity index (χ4n) is 2.76. The van der Waals surface area contributed by atoms with E-state index in [2.05, 4.69) is 29.7 Å². The van der Waals surface area contributed by atoms with E-state index in [0.29, 0.717) is 6.04 Å². The molecule has 1 aliphatic rings. The van der Waals surface area contributed by atoms with Crippen LogP contribution in [0.1, 0.15) is 50.3 Å². The minimum Gasteiger partial charge on any atom is -0.481 e. The number of amides is 1. The molecule has 0 saturated carbocycles. The van der Waals surface area contributed by atoms with Crippen molar-refractivity contribution in [2.75, 3.05) is 13.6 Å². The van der Waals surface area contributed by atoms with E-state index >= 15 is 0 Å². The van der Waals surface area contributed by atoms with Gasteiger partial charge in [0.1, 0.15) is 5.75 Å². The van der Waals surface area contributed by atoms with Crippen LogP contribution in [0, 0.1) is 0 Å². The van der Waals surface area contributed by atoms with Gasteiger partial charge in [-0.3, -0.25) is 4.79 Å². The molecular formula is C17H26N2O2. The highest BCUT2D eigenvalue weighted by molar-refractivity contribution is 5.80. The molecule has 1 aromatic rings. The third-order valence-corrected chi connectivity index (χ3v) is 4.05. The Morgan fingerprint density at radius 1 is 1.48 bits per heavy atom. The van der Waals surface area contributed by atoms with Crippen LogP contribution in [-0.4, -0.2) is 25.6 Å². The Bertz CT molecular complexity index is 488. The van der Waals surface area contributed by atoms with Crippen molar-refractivity contribution in [3.63, 3.8) is 0 Å². The van der Waals surface area contributed by atoms with Crippen LogP contribution in [0.15, 0.2) is 18.2 Å². The van der Waals surface area contributed by atoms with Crippen LogP contribution in [0.3, 0.4) is 0 Å². The maximum absolute atomic E-state index is 11.9. The Balaban J connectivity index is 1.93. The molecule has 21 heavy (non-hydrogen) atoms. The van der Waals surface area contributed by atoms with E-state index < -0.39 is 6.10 Å². The zero-order valence-corrected chi connectivity index (χ0v) is 13.2. The maximum atomic E-state index is 11.9. The molecular weight excluding hydrogens is 264 g/mol. The van der Waals surface area contributed by atoms with Crippen LogP contribution in [0.4, 0.5) is 0 Å². The first-order valence-electron chi connectivity index (χ1n) is 7.90. The fraction of sp³-hybridized carbons (Fsp3) is 0.588. The average Bonchev–Trinajstić information content (AvgIpc) is 2.89. The molecule has 0 aromatic heterocycles. The SMILES string of the molecule is CCCCNC(=O)C(C)Oc1ccc2c(c1)CCC2NC. The molecule has 1 amide bonds. The summed E-state index contributed by atoms with van der Waals surface area (Å²) in [7, 11) is 1.99. The van der Waals surface area contributed by atoms with Gasteiger partial charge < -0.3 is 15.4 Å². The highest BCUT2D eigenvalue weighted by Crippen LogP contribution is 2.33. The third-order valence-electron chi connectivity index (χ3n) is 4.05. The van der Waals surface area contributed by atoms with Gasteiger partial charge >= 0.3 is 0 Å². The standard InChI is InChI=1S/C17H26N2O2/c1-4-5-10-19-17(20)12(2)21-14-7-8-15-13(11-14)6-9-16(15)18-3/h7-8,11-12,16,18H,4-6,9-10H2,1-3H3,(H,19,20). The minimum atomic E-state index is -0.457. The predicted octanol–water partition coefficient (Wildman–Crippen LogP) is 2.58. The Hall–Kier alpha value is -1.55. The number of hydrogen-bond acceptors (Lipinski definition) is 3. The number of ether oxygens (including phenoxy) is 1. The molecule has 0 spiro atoms. The first kappa shape index (κ1) is 15.8. The van der Waals surface area contributed by atoms with Gasteiger partial charge in [-0.1, -0.05) is 19.4 Å². The van der Waals surface area contributed by atoms with Crippen LogP contribution >= 0.6 is 0 Å². The molecule has 2 atom stereocenters. The molecule has 2 N–H and O–H groups in total. The van der Waals surface area contributed by atoms with E-state index in [4.69, 9.17) is 4.74 Å². The highest BCUT2D eigenvalue weighted by atomic mass is 16.5. The van der Waals surface area contributed by atoms with Gasteiger partial charge in [0.25, 0.3) is 5.91 Å². The summed E-state index contributed by atoms with van der Waals surface area (Å²) in [5.41, 5.74) is 2.68. The summed E-state index contributed by atoms with van der Waals surface area (Å²) in [5.74, 6) is 0.737. The summed E-state index contributed by atoms with van der Waals surface area (Å²) in [4.78, 5) is 11.9. The molecule has 0 heterocycles. The van der Waals surface area contributed by atoms with Crippen LogP contribution < -0.4 is 15.4 Å². The third kappa shape index (κ3) is 3.97. The molecule has 0 radical (unpaired) electrons. The van der Waals surface area contributed by atoms with E-state index in [1.165, 1.54) is 11.1 Å². The number of nitrogens with one attached hydrogen (secondary N) is 2. The largest absolute Gasteiger partial charge is 0.481 e. The first-order valence-corrected chi connectivity index (χ1v) is 7.90. The fourth-order valence-corrected chi connectivity index (χ4v) is 2.76. The van der Waals surface area contributed by atoms with Crippen molar-refractivity contribution >= 4 is 5.91 Å². The molecule has 0 aliphatic heterocycles. The van der Waals surface area contributed by atoms with Gasteiger partial charge in [-0.15, -0.1) is 0 Å². The number of carbonyl (C=O) groups is 1. The lowest BCUT2D eigenvalue weighted by atomic mass is 10.1. The van der Waals surface area contributed by atoms with Gasteiger partial charge in [0.15, 0.2) is 6.10 Å². The monoisotopic (exact) mass is 290 g/mol. The molecule has 4 nitrogen and oxygen atoms in total. The van der Waals surface area contributed by atoms with Crippen LogP contribution in [0.2, 0.25) is 0 Å². The molecule has 4 heteroatoms. The lowest BCUT2D eigenvalue weighted by molar-refractivity contribution is -0.127. The Labute approximate surface area is 127 Å². The van der Waals surface area contributed by atoms with Crippen molar-refractivity contribution in [2.24, 2.45) is 0 Å². The number of aryl methyl sites for hydroxylation is 1. The van der Waals surface area contributed by atoms with Crippen LogP contribution in [0.25, 0.3) is 0 Å². The summed E-state index contributed by atoms with van der Waals surface area (Å²) in [6, 6.07) is 6.59. The van der Waals surface area contributed by atoms with Crippen molar-refractivity contribution in [1.29, 1.82) is 0 Å². The van der Waals surface area contributed by atoms with Gasteiger partial charge in [-0.05, 0) is 56.5 Å². The molecule has 2 rings (SSSR count). The summed E-state index contributed by atoms with van der Waals surface area (Å²) in [6.45, 7) is 4.62. The van der Waals surface area contributed by atoms with Gasteiger partial charge in [0, 0.05) is 12.6 Å². The Morgan fingerprint density at radius 3 is 3.00 bits per heavy atom. The zero-order chi connectivity index (χ0) is 15.2. The van der Waals surface area contributed by atoms with E-state index in [9.17, 15) is 4.79 Å². The number of hydrogen-bond donors (Lipinski definition) is 2. The molecule has 0 saturated heterocycles.